The molecule has 2 aliphatic rings. The Kier molecular flexibility index (Phi) is 9.00. The van der Waals surface area contributed by atoms with Gasteiger partial charge in [0.05, 0.1) is 16.1 Å². The Morgan fingerprint density at radius 1 is 0.929 bits per heavy atom. The number of carbonyl (C=O) groups excluding carboxylic acids is 2. The van der Waals surface area contributed by atoms with Crippen molar-refractivity contribution in [3.8, 4) is 11.1 Å². The molecule has 1 fully saturated rings. The number of carbonyl (C=O) groups is 2. The summed E-state index contributed by atoms with van der Waals surface area (Å²) in [6.45, 7) is 8.44. The van der Waals surface area contributed by atoms with E-state index in [4.69, 9.17) is 27.9 Å². The lowest BCUT2D eigenvalue weighted by molar-refractivity contribution is -0.129. The molecule has 0 spiro atoms. The maximum Gasteiger partial charge on any atom is 0.410 e. The van der Waals surface area contributed by atoms with Gasteiger partial charge in [-0.15, -0.1) is 0 Å². The summed E-state index contributed by atoms with van der Waals surface area (Å²) in [6.07, 6.45) is 2.60. The van der Waals surface area contributed by atoms with Crippen LogP contribution in [0.5, 0.6) is 0 Å². The van der Waals surface area contributed by atoms with Gasteiger partial charge in [0, 0.05) is 24.7 Å². The van der Waals surface area contributed by atoms with E-state index in [1.165, 1.54) is 0 Å². The van der Waals surface area contributed by atoms with Gasteiger partial charge in [-0.05, 0) is 86.4 Å². The molecule has 1 aliphatic carbocycles. The lowest BCUT2D eigenvalue weighted by Gasteiger charge is -2.40. The van der Waals surface area contributed by atoms with Crippen molar-refractivity contribution in [2.75, 3.05) is 6.54 Å². The molecule has 2 amide bonds. The van der Waals surface area contributed by atoms with Crippen LogP contribution in [0.1, 0.15) is 64.5 Å². The molecule has 0 radical (unpaired) electrons. The minimum atomic E-state index is -0.642. The van der Waals surface area contributed by atoms with Gasteiger partial charge in [-0.1, -0.05) is 90.8 Å². The highest BCUT2D eigenvalue weighted by molar-refractivity contribution is 6.42. The SMILES string of the molecule is CC[C@@H]1C(C(=O)N(Cc2cccc(Cl)c2Cl)C2CC2)=C(c2cccc(-c3ccccc3)c2)CCN1C(=O)OC(C)(C)C. The summed E-state index contributed by atoms with van der Waals surface area (Å²) in [5, 5.41) is 0.934. The molecule has 42 heavy (non-hydrogen) atoms. The smallest absolute Gasteiger partial charge is 0.410 e. The minimum absolute atomic E-state index is 0.0613. The molecular weight excluding hydrogens is 567 g/mol. The molecular formula is C35H38Cl2N2O3. The van der Waals surface area contributed by atoms with Crippen LogP contribution in [0.15, 0.2) is 78.4 Å². The third-order valence-electron chi connectivity index (χ3n) is 7.82. The van der Waals surface area contributed by atoms with Crippen molar-refractivity contribution in [1.82, 2.24) is 9.80 Å². The number of benzene rings is 3. The zero-order valence-corrected chi connectivity index (χ0v) is 26.2. The Balaban J connectivity index is 1.61. The van der Waals surface area contributed by atoms with Crippen LogP contribution in [0.2, 0.25) is 10.0 Å². The molecule has 1 saturated carbocycles. The third-order valence-corrected chi connectivity index (χ3v) is 8.68. The zero-order valence-electron chi connectivity index (χ0n) is 24.7. The number of rotatable bonds is 7. The summed E-state index contributed by atoms with van der Waals surface area (Å²) in [4.78, 5) is 31.9. The first-order chi connectivity index (χ1) is 20.1. The standard InChI is InChI=1S/C35H38Cl2N2O3/c1-5-30-31(33(40)39(27-17-18-27)22-26-15-10-16-29(36)32(26)37)28(19-20-38(30)34(41)42-35(2,3)4)25-14-9-13-24(21-25)23-11-7-6-8-12-23/h6-16,21,27,30H,5,17-20,22H2,1-4H3/t30-/m1/s1. The molecule has 1 atom stereocenters. The van der Waals surface area contributed by atoms with Crippen LogP contribution in [0.4, 0.5) is 4.79 Å². The van der Waals surface area contributed by atoms with E-state index in [0.29, 0.717) is 41.5 Å². The van der Waals surface area contributed by atoms with Crippen LogP contribution in [-0.2, 0) is 16.1 Å². The fourth-order valence-electron chi connectivity index (χ4n) is 5.69. The number of nitrogens with zero attached hydrogens (tertiary/aromatic N) is 2. The summed E-state index contributed by atoms with van der Waals surface area (Å²) < 4.78 is 5.81. The maximum absolute atomic E-state index is 14.8. The minimum Gasteiger partial charge on any atom is -0.444 e. The Hall–Kier alpha value is -3.28. The van der Waals surface area contributed by atoms with Crippen molar-refractivity contribution in [2.45, 2.75) is 77.6 Å². The Morgan fingerprint density at radius 3 is 2.26 bits per heavy atom. The fourth-order valence-corrected chi connectivity index (χ4v) is 6.07. The average molecular weight is 606 g/mol. The van der Waals surface area contributed by atoms with Crippen LogP contribution >= 0.6 is 23.2 Å². The van der Waals surface area contributed by atoms with Gasteiger partial charge >= 0.3 is 6.09 Å². The summed E-state index contributed by atoms with van der Waals surface area (Å²) in [5.41, 5.74) is 5.00. The molecule has 5 nitrogen and oxygen atoms in total. The summed E-state index contributed by atoms with van der Waals surface area (Å²) in [5.74, 6) is -0.0613. The van der Waals surface area contributed by atoms with Crippen molar-refractivity contribution in [3.05, 3.63) is 99.5 Å². The number of hydrogen-bond donors (Lipinski definition) is 0. The lowest BCUT2D eigenvalue weighted by atomic mass is 9.85. The number of amides is 2. The highest BCUT2D eigenvalue weighted by Gasteiger charge is 2.42. The second-order valence-electron chi connectivity index (χ2n) is 12.1. The first kappa shape index (κ1) is 30.2. The second-order valence-corrected chi connectivity index (χ2v) is 12.8. The quantitative estimate of drug-likeness (QED) is 0.270. The van der Waals surface area contributed by atoms with E-state index in [9.17, 15) is 9.59 Å². The van der Waals surface area contributed by atoms with E-state index in [-0.39, 0.29) is 11.9 Å². The molecule has 0 bridgehead atoms. The monoisotopic (exact) mass is 604 g/mol. The van der Waals surface area contributed by atoms with Crippen molar-refractivity contribution in [2.24, 2.45) is 0 Å². The molecule has 5 rings (SSSR count). The number of halogens is 2. The van der Waals surface area contributed by atoms with Crippen LogP contribution in [0.25, 0.3) is 16.7 Å². The summed E-state index contributed by atoms with van der Waals surface area (Å²) >= 11 is 12.9. The van der Waals surface area contributed by atoms with Crippen molar-refractivity contribution >= 4 is 40.8 Å². The second kappa shape index (κ2) is 12.5. The van der Waals surface area contributed by atoms with Crippen LogP contribution in [0.3, 0.4) is 0 Å². The maximum atomic E-state index is 14.8. The molecule has 7 heteroatoms. The van der Waals surface area contributed by atoms with Gasteiger partial charge in [-0.3, -0.25) is 4.79 Å². The first-order valence-corrected chi connectivity index (χ1v) is 15.5. The summed E-state index contributed by atoms with van der Waals surface area (Å²) in [6, 6.07) is 23.8. The molecule has 1 heterocycles. The summed E-state index contributed by atoms with van der Waals surface area (Å²) in [7, 11) is 0. The molecule has 0 saturated heterocycles. The van der Waals surface area contributed by atoms with Gasteiger partial charge < -0.3 is 14.5 Å². The van der Waals surface area contributed by atoms with Crippen molar-refractivity contribution in [1.29, 1.82) is 0 Å². The topological polar surface area (TPSA) is 49.9 Å². The van der Waals surface area contributed by atoms with Crippen LogP contribution < -0.4 is 0 Å². The zero-order chi connectivity index (χ0) is 30.0. The molecule has 0 aromatic heterocycles. The lowest BCUT2D eigenvalue weighted by Crippen LogP contribution is -2.50. The molecule has 3 aromatic carbocycles. The van der Waals surface area contributed by atoms with E-state index in [1.807, 2.05) is 69.0 Å². The first-order valence-electron chi connectivity index (χ1n) is 14.7. The average Bonchev–Trinajstić information content (AvgIpc) is 3.82. The van der Waals surface area contributed by atoms with Crippen LogP contribution in [0, 0.1) is 0 Å². The Labute approximate surface area is 259 Å². The molecule has 220 valence electrons. The largest absolute Gasteiger partial charge is 0.444 e. The van der Waals surface area contributed by atoms with E-state index >= 15 is 0 Å². The van der Waals surface area contributed by atoms with E-state index in [2.05, 4.69) is 30.3 Å². The van der Waals surface area contributed by atoms with Gasteiger partial charge in [0.1, 0.15) is 5.60 Å². The fraction of sp³-hybridized carbons (Fsp3) is 0.371. The predicted molar refractivity (Wildman–Crippen MR) is 170 cm³/mol. The molecule has 1 aliphatic heterocycles. The highest BCUT2D eigenvalue weighted by atomic mass is 35.5. The van der Waals surface area contributed by atoms with Gasteiger partial charge in [0.25, 0.3) is 5.91 Å². The van der Waals surface area contributed by atoms with Gasteiger partial charge in [0.15, 0.2) is 0 Å². The number of ether oxygens (including phenoxy) is 1. The molecule has 0 unspecified atom stereocenters. The van der Waals surface area contributed by atoms with Gasteiger partial charge in [-0.2, -0.15) is 0 Å². The van der Waals surface area contributed by atoms with Crippen LogP contribution in [-0.4, -0.2) is 46.0 Å². The Bertz CT molecular complexity index is 1490. The normalized spacial score (nSPS) is 17.3. The number of hydrogen-bond acceptors (Lipinski definition) is 3. The van der Waals surface area contributed by atoms with E-state index in [1.54, 1.807) is 11.0 Å². The van der Waals surface area contributed by atoms with Gasteiger partial charge in [-0.25, -0.2) is 4.79 Å². The molecule has 3 aromatic rings. The predicted octanol–water partition coefficient (Wildman–Crippen LogP) is 9.02. The van der Waals surface area contributed by atoms with E-state index in [0.717, 1.165) is 40.7 Å². The van der Waals surface area contributed by atoms with E-state index < -0.39 is 17.7 Å². The Morgan fingerprint density at radius 2 is 1.60 bits per heavy atom. The third kappa shape index (κ3) is 6.68. The molecule has 0 N–H and O–H groups in total. The van der Waals surface area contributed by atoms with Gasteiger partial charge in [0.2, 0.25) is 0 Å². The van der Waals surface area contributed by atoms with Crippen molar-refractivity contribution in [3.63, 3.8) is 0 Å². The highest BCUT2D eigenvalue weighted by Crippen LogP contribution is 2.39. The van der Waals surface area contributed by atoms with Crippen molar-refractivity contribution < 1.29 is 14.3 Å².